The Balaban J connectivity index is 2.05. The fourth-order valence-corrected chi connectivity index (χ4v) is 2.06. The van der Waals surface area contributed by atoms with E-state index >= 15 is 0 Å². The van der Waals surface area contributed by atoms with Crippen molar-refractivity contribution in [3.63, 3.8) is 0 Å². The molecule has 3 nitrogen and oxygen atoms in total. The Kier molecular flexibility index (Phi) is 3.04. The lowest BCUT2D eigenvalue weighted by atomic mass is 10.0. The molecule has 16 heavy (non-hydrogen) atoms. The third-order valence-corrected chi connectivity index (χ3v) is 3.09. The molecule has 0 heterocycles. The van der Waals surface area contributed by atoms with Gasteiger partial charge in [0, 0.05) is 5.92 Å². The van der Waals surface area contributed by atoms with E-state index in [0.717, 1.165) is 6.42 Å². The van der Waals surface area contributed by atoms with Crippen molar-refractivity contribution in [1.82, 2.24) is 0 Å². The van der Waals surface area contributed by atoms with E-state index in [9.17, 15) is 4.79 Å². The average molecular weight is 217 g/mol. The Hall–Kier alpha value is -1.64. The monoisotopic (exact) mass is 217 g/mol. The van der Waals surface area contributed by atoms with Crippen molar-refractivity contribution in [2.24, 2.45) is 11.1 Å². The number of oxime groups is 1. The quantitative estimate of drug-likeness (QED) is 0.478. The second-order valence-electron chi connectivity index (χ2n) is 4.12. The summed E-state index contributed by atoms with van der Waals surface area (Å²) in [5, 5.41) is 11.8. The molecule has 84 valence electrons. The zero-order valence-electron chi connectivity index (χ0n) is 9.26. The number of carbonyl (C=O) groups excluding carboxylic acids is 1. The van der Waals surface area contributed by atoms with Gasteiger partial charge >= 0.3 is 0 Å². The Morgan fingerprint density at radius 2 is 2.12 bits per heavy atom. The van der Waals surface area contributed by atoms with Gasteiger partial charge in [0.05, 0.1) is 0 Å². The van der Waals surface area contributed by atoms with Crippen LogP contribution in [-0.4, -0.2) is 16.7 Å². The minimum Gasteiger partial charge on any atom is -0.411 e. The van der Waals surface area contributed by atoms with Gasteiger partial charge in [-0.15, -0.1) is 0 Å². The molecule has 0 aliphatic heterocycles. The highest BCUT2D eigenvalue weighted by Gasteiger charge is 2.44. The molecule has 0 spiro atoms. The largest absolute Gasteiger partial charge is 0.411 e. The number of Topliss-reactive ketones (excluding diaryl/α,β-unsaturated/α-hetero) is 1. The highest BCUT2D eigenvalue weighted by molar-refractivity contribution is 6.41. The lowest BCUT2D eigenvalue weighted by Crippen LogP contribution is -2.15. The van der Waals surface area contributed by atoms with Gasteiger partial charge in [-0.1, -0.05) is 42.4 Å². The Morgan fingerprint density at radius 1 is 1.44 bits per heavy atom. The highest BCUT2D eigenvalue weighted by atomic mass is 16.4. The van der Waals surface area contributed by atoms with Gasteiger partial charge in [0.1, 0.15) is 5.71 Å². The van der Waals surface area contributed by atoms with E-state index < -0.39 is 0 Å². The van der Waals surface area contributed by atoms with Gasteiger partial charge in [-0.2, -0.15) is 0 Å². The zero-order chi connectivity index (χ0) is 11.5. The van der Waals surface area contributed by atoms with Crippen LogP contribution in [0.5, 0.6) is 0 Å². The minimum atomic E-state index is -0.00106. The molecule has 0 radical (unpaired) electrons. The summed E-state index contributed by atoms with van der Waals surface area (Å²) in [7, 11) is 0. The first-order valence-electron chi connectivity index (χ1n) is 5.58. The molecule has 0 saturated heterocycles. The van der Waals surface area contributed by atoms with Crippen LogP contribution in [0.1, 0.15) is 31.2 Å². The lowest BCUT2D eigenvalue weighted by Gasteiger charge is -2.00. The first kappa shape index (κ1) is 10.9. The average Bonchev–Trinajstić information content (AvgIpc) is 3.11. The molecule has 1 aliphatic rings. The zero-order valence-corrected chi connectivity index (χ0v) is 9.26. The van der Waals surface area contributed by atoms with Crippen LogP contribution in [0, 0.1) is 5.92 Å². The first-order valence-corrected chi connectivity index (χ1v) is 5.58. The summed E-state index contributed by atoms with van der Waals surface area (Å²) in [4.78, 5) is 11.9. The van der Waals surface area contributed by atoms with Crippen LogP contribution in [0.4, 0.5) is 0 Å². The molecule has 1 aliphatic carbocycles. The summed E-state index contributed by atoms with van der Waals surface area (Å²) >= 11 is 0. The van der Waals surface area contributed by atoms with E-state index in [2.05, 4.69) is 5.16 Å². The number of hydrogen-bond acceptors (Lipinski definition) is 3. The summed E-state index contributed by atoms with van der Waals surface area (Å²) < 4.78 is 0. The molecule has 1 fully saturated rings. The maximum Gasteiger partial charge on any atom is 0.184 e. The number of rotatable bonds is 4. The number of carbonyl (C=O) groups is 1. The molecule has 0 bridgehead atoms. The Labute approximate surface area is 94.8 Å². The predicted molar refractivity (Wildman–Crippen MR) is 61.8 cm³/mol. The second kappa shape index (κ2) is 4.47. The molecule has 2 rings (SSSR count). The fraction of sp³-hybridized carbons (Fsp3) is 0.385. The topological polar surface area (TPSA) is 49.7 Å². The summed E-state index contributed by atoms with van der Waals surface area (Å²) in [6.45, 7) is 1.83. The van der Waals surface area contributed by atoms with Crippen molar-refractivity contribution in [2.45, 2.75) is 25.7 Å². The summed E-state index contributed by atoms with van der Waals surface area (Å²) in [6, 6.07) is 10.0. The van der Waals surface area contributed by atoms with Gasteiger partial charge in [-0.25, -0.2) is 0 Å². The summed E-state index contributed by atoms with van der Waals surface area (Å²) in [5.74, 6) is 0.337. The van der Waals surface area contributed by atoms with Gasteiger partial charge in [-0.3, -0.25) is 4.79 Å². The molecule has 2 atom stereocenters. The van der Waals surface area contributed by atoms with E-state index in [1.54, 1.807) is 0 Å². The maximum atomic E-state index is 11.9. The molecule has 1 saturated carbocycles. The number of nitrogens with zero attached hydrogens (tertiary/aromatic N) is 1. The van der Waals surface area contributed by atoms with Crippen LogP contribution in [0.2, 0.25) is 0 Å². The fourth-order valence-electron chi connectivity index (χ4n) is 2.06. The Bertz CT molecular complexity index is 411. The van der Waals surface area contributed by atoms with Gasteiger partial charge in [0.15, 0.2) is 5.78 Å². The normalized spacial score (nSPS) is 24.2. The van der Waals surface area contributed by atoms with Crippen molar-refractivity contribution in [1.29, 1.82) is 0 Å². The molecular weight excluding hydrogens is 202 g/mol. The van der Waals surface area contributed by atoms with Crippen LogP contribution in [0.25, 0.3) is 0 Å². The second-order valence-corrected chi connectivity index (χ2v) is 4.12. The van der Waals surface area contributed by atoms with E-state index in [4.69, 9.17) is 5.21 Å². The van der Waals surface area contributed by atoms with Crippen LogP contribution >= 0.6 is 0 Å². The standard InChI is InChI=1S/C13H15NO2/c1-2-12(14-16)13(15)11-8-10(11)9-6-4-3-5-7-9/h3-7,10-11,16H,2,8H2,1H3. The van der Waals surface area contributed by atoms with E-state index in [-0.39, 0.29) is 11.7 Å². The lowest BCUT2D eigenvalue weighted by molar-refractivity contribution is -0.114. The van der Waals surface area contributed by atoms with Crippen molar-refractivity contribution in [2.75, 3.05) is 0 Å². The van der Waals surface area contributed by atoms with Gasteiger partial charge in [-0.05, 0) is 24.3 Å². The molecule has 0 amide bonds. The summed E-state index contributed by atoms with van der Waals surface area (Å²) in [5.41, 5.74) is 1.50. The van der Waals surface area contributed by atoms with E-state index in [0.29, 0.717) is 18.1 Å². The summed E-state index contributed by atoms with van der Waals surface area (Å²) in [6.07, 6.45) is 1.37. The van der Waals surface area contributed by atoms with Crippen molar-refractivity contribution >= 4 is 11.5 Å². The molecule has 2 unspecified atom stereocenters. The third kappa shape index (κ3) is 1.98. The van der Waals surface area contributed by atoms with E-state index in [1.165, 1.54) is 5.56 Å². The Morgan fingerprint density at radius 3 is 2.69 bits per heavy atom. The van der Waals surface area contributed by atoms with Crippen molar-refractivity contribution in [3.8, 4) is 0 Å². The van der Waals surface area contributed by atoms with Crippen LogP contribution in [-0.2, 0) is 4.79 Å². The molecule has 1 aromatic rings. The van der Waals surface area contributed by atoms with Crippen LogP contribution in [0.3, 0.4) is 0 Å². The molecule has 0 aromatic heterocycles. The number of ketones is 1. The highest BCUT2D eigenvalue weighted by Crippen LogP contribution is 2.48. The molecule has 1 N–H and O–H groups in total. The van der Waals surface area contributed by atoms with Gasteiger partial charge in [0.25, 0.3) is 0 Å². The molecule has 1 aromatic carbocycles. The number of hydrogen-bond donors (Lipinski definition) is 1. The smallest absolute Gasteiger partial charge is 0.184 e. The minimum absolute atomic E-state index is 0.00106. The van der Waals surface area contributed by atoms with Crippen LogP contribution in [0.15, 0.2) is 35.5 Å². The molecular formula is C13H15NO2. The van der Waals surface area contributed by atoms with Gasteiger partial charge < -0.3 is 5.21 Å². The van der Waals surface area contributed by atoms with Gasteiger partial charge in [0.2, 0.25) is 0 Å². The SMILES string of the molecule is CCC(=NO)C(=O)C1CC1c1ccccc1. The van der Waals surface area contributed by atoms with Crippen LogP contribution < -0.4 is 0 Å². The molecule has 3 heteroatoms. The van der Waals surface area contributed by atoms with E-state index in [1.807, 2.05) is 37.3 Å². The first-order chi connectivity index (χ1) is 7.77. The predicted octanol–water partition coefficient (Wildman–Crippen LogP) is 2.60. The van der Waals surface area contributed by atoms with Crippen molar-refractivity contribution in [3.05, 3.63) is 35.9 Å². The maximum absolute atomic E-state index is 11.9. The number of benzene rings is 1. The van der Waals surface area contributed by atoms with Crippen molar-refractivity contribution < 1.29 is 10.0 Å². The third-order valence-electron chi connectivity index (χ3n) is 3.09.